The Balaban J connectivity index is 1.38. The lowest BCUT2D eigenvalue weighted by Gasteiger charge is -2.36. The molecule has 0 saturated carbocycles. The van der Waals surface area contributed by atoms with Crippen LogP contribution in [-0.2, 0) is 9.53 Å². The van der Waals surface area contributed by atoms with E-state index in [-0.39, 0.29) is 11.7 Å². The third-order valence-electron chi connectivity index (χ3n) is 5.36. The van der Waals surface area contributed by atoms with E-state index in [0.717, 1.165) is 45.0 Å². The van der Waals surface area contributed by atoms with Crippen molar-refractivity contribution >= 4 is 28.5 Å². The summed E-state index contributed by atoms with van der Waals surface area (Å²) >= 11 is 0. The van der Waals surface area contributed by atoms with Gasteiger partial charge in [0.1, 0.15) is 5.82 Å². The molecular formula is C22H25FN4O2. The van der Waals surface area contributed by atoms with Gasteiger partial charge in [-0.3, -0.25) is 9.69 Å². The Kier molecular flexibility index (Phi) is 5.78. The molecule has 4 rings (SSSR count). The van der Waals surface area contributed by atoms with Gasteiger partial charge in [0.15, 0.2) is 0 Å². The molecule has 2 aliphatic heterocycles. The molecule has 1 saturated heterocycles. The van der Waals surface area contributed by atoms with Crippen molar-refractivity contribution in [3.05, 3.63) is 60.0 Å². The SMILES string of the molecule is COCCN1CCN(c2ccc(NC=C3C(=O)Nc4ccc(F)cc43)cc2)CC1. The molecule has 2 aromatic rings. The number of halogens is 1. The zero-order chi connectivity index (χ0) is 20.2. The molecule has 2 N–H and O–H groups in total. The molecule has 6 nitrogen and oxygen atoms in total. The van der Waals surface area contributed by atoms with Crippen LogP contribution in [0.5, 0.6) is 0 Å². The third kappa shape index (κ3) is 4.41. The van der Waals surface area contributed by atoms with Crippen molar-refractivity contribution in [2.45, 2.75) is 0 Å². The van der Waals surface area contributed by atoms with Crippen LogP contribution >= 0.6 is 0 Å². The summed E-state index contributed by atoms with van der Waals surface area (Å²) in [5, 5.41) is 5.90. The maximum absolute atomic E-state index is 13.5. The highest BCUT2D eigenvalue weighted by molar-refractivity contribution is 6.31. The van der Waals surface area contributed by atoms with E-state index >= 15 is 0 Å². The molecule has 29 heavy (non-hydrogen) atoms. The van der Waals surface area contributed by atoms with E-state index in [1.165, 1.54) is 17.8 Å². The quantitative estimate of drug-likeness (QED) is 0.736. The second-order valence-corrected chi connectivity index (χ2v) is 7.21. The Morgan fingerprint density at radius 1 is 1.14 bits per heavy atom. The number of piperazine rings is 1. The maximum Gasteiger partial charge on any atom is 0.257 e. The Bertz CT molecular complexity index is 906. The summed E-state index contributed by atoms with van der Waals surface area (Å²) in [7, 11) is 1.73. The summed E-state index contributed by atoms with van der Waals surface area (Å²) in [5.41, 5.74) is 3.68. The Morgan fingerprint density at radius 3 is 2.62 bits per heavy atom. The number of methoxy groups -OCH3 is 1. The summed E-state index contributed by atoms with van der Waals surface area (Å²) in [4.78, 5) is 16.9. The van der Waals surface area contributed by atoms with Gasteiger partial charge in [-0.05, 0) is 42.5 Å². The van der Waals surface area contributed by atoms with Gasteiger partial charge < -0.3 is 20.3 Å². The molecule has 7 heteroatoms. The predicted octanol–water partition coefficient (Wildman–Crippen LogP) is 3.00. The lowest BCUT2D eigenvalue weighted by Crippen LogP contribution is -2.47. The van der Waals surface area contributed by atoms with Crippen LogP contribution < -0.4 is 15.5 Å². The number of hydrogen-bond acceptors (Lipinski definition) is 5. The highest BCUT2D eigenvalue weighted by Crippen LogP contribution is 2.32. The van der Waals surface area contributed by atoms with Gasteiger partial charge >= 0.3 is 0 Å². The van der Waals surface area contributed by atoms with Gasteiger partial charge in [0, 0.05) is 68.7 Å². The van der Waals surface area contributed by atoms with Crippen molar-refractivity contribution in [2.75, 3.05) is 62.0 Å². The number of anilines is 3. The third-order valence-corrected chi connectivity index (χ3v) is 5.36. The number of hydrogen-bond donors (Lipinski definition) is 2. The second kappa shape index (κ2) is 8.63. The molecule has 0 spiro atoms. The first-order valence-electron chi connectivity index (χ1n) is 9.78. The molecule has 2 aromatic carbocycles. The van der Waals surface area contributed by atoms with Crippen LogP contribution in [0.3, 0.4) is 0 Å². The Morgan fingerprint density at radius 2 is 1.90 bits per heavy atom. The first-order chi connectivity index (χ1) is 14.1. The van der Waals surface area contributed by atoms with E-state index in [2.05, 4.69) is 32.6 Å². The maximum atomic E-state index is 13.5. The molecule has 1 amide bonds. The zero-order valence-corrected chi connectivity index (χ0v) is 16.5. The van der Waals surface area contributed by atoms with E-state index in [4.69, 9.17) is 4.74 Å². The molecule has 0 aromatic heterocycles. The smallest absolute Gasteiger partial charge is 0.257 e. The Hall–Kier alpha value is -2.90. The first-order valence-corrected chi connectivity index (χ1v) is 9.78. The lowest BCUT2D eigenvalue weighted by molar-refractivity contribution is -0.110. The van der Waals surface area contributed by atoms with Crippen molar-refractivity contribution in [3.63, 3.8) is 0 Å². The van der Waals surface area contributed by atoms with E-state index < -0.39 is 0 Å². The number of ether oxygens (including phenoxy) is 1. The average molecular weight is 396 g/mol. The van der Waals surface area contributed by atoms with Crippen LogP contribution in [-0.4, -0.2) is 57.2 Å². The average Bonchev–Trinajstić information content (AvgIpc) is 3.06. The molecule has 152 valence electrons. The zero-order valence-electron chi connectivity index (χ0n) is 16.5. The van der Waals surface area contributed by atoms with E-state index in [1.54, 1.807) is 19.4 Å². The van der Waals surface area contributed by atoms with Crippen LogP contribution in [0.1, 0.15) is 5.56 Å². The number of rotatable bonds is 6. The minimum atomic E-state index is -0.363. The molecule has 0 atom stereocenters. The molecular weight excluding hydrogens is 371 g/mol. The summed E-state index contributed by atoms with van der Waals surface area (Å²) in [6.45, 7) is 5.78. The van der Waals surface area contributed by atoms with Gasteiger partial charge in [-0.15, -0.1) is 0 Å². The normalized spacial score (nSPS) is 18.1. The van der Waals surface area contributed by atoms with Gasteiger partial charge in [0.25, 0.3) is 5.91 Å². The van der Waals surface area contributed by atoms with Crippen molar-refractivity contribution in [1.29, 1.82) is 0 Å². The molecule has 0 bridgehead atoms. The van der Waals surface area contributed by atoms with Gasteiger partial charge in [0.2, 0.25) is 0 Å². The van der Waals surface area contributed by atoms with Crippen LogP contribution in [0.15, 0.2) is 48.7 Å². The highest BCUT2D eigenvalue weighted by Gasteiger charge is 2.24. The van der Waals surface area contributed by atoms with E-state index in [1.807, 2.05) is 12.1 Å². The van der Waals surface area contributed by atoms with Gasteiger partial charge in [-0.2, -0.15) is 0 Å². The topological polar surface area (TPSA) is 56.8 Å². The minimum Gasteiger partial charge on any atom is -0.383 e. The number of fused-ring (bicyclic) bond motifs is 1. The summed E-state index contributed by atoms with van der Waals surface area (Å²) in [6.07, 6.45) is 1.63. The van der Waals surface area contributed by atoms with Crippen molar-refractivity contribution in [3.8, 4) is 0 Å². The van der Waals surface area contributed by atoms with Crippen molar-refractivity contribution in [1.82, 2.24) is 4.90 Å². The van der Waals surface area contributed by atoms with Gasteiger partial charge in [-0.1, -0.05) is 0 Å². The predicted molar refractivity (Wildman–Crippen MR) is 114 cm³/mol. The molecule has 0 aliphatic carbocycles. The van der Waals surface area contributed by atoms with Crippen LogP contribution in [0.2, 0.25) is 0 Å². The highest BCUT2D eigenvalue weighted by atomic mass is 19.1. The standard InChI is InChI=1S/C22H25FN4O2/c1-29-13-12-26-8-10-27(11-9-26)18-5-3-17(4-6-18)24-15-20-19-14-16(23)2-7-21(19)25-22(20)28/h2-7,14-15,24H,8-13H2,1H3,(H,25,28). The number of carbonyl (C=O) groups is 1. The van der Waals surface area contributed by atoms with Crippen LogP contribution in [0.4, 0.5) is 21.5 Å². The van der Waals surface area contributed by atoms with E-state index in [0.29, 0.717) is 16.8 Å². The summed E-state index contributed by atoms with van der Waals surface area (Å²) in [6, 6.07) is 12.4. The van der Waals surface area contributed by atoms with Crippen LogP contribution in [0.25, 0.3) is 5.57 Å². The number of amides is 1. The number of carbonyl (C=O) groups excluding carboxylic acids is 1. The fraction of sp³-hybridized carbons (Fsp3) is 0.318. The van der Waals surface area contributed by atoms with E-state index in [9.17, 15) is 9.18 Å². The molecule has 2 heterocycles. The second-order valence-electron chi connectivity index (χ2n) is 7.21. The van der Waals surface area contributed by atoms with Crippen molar-refractivity contribution < 1.29 is 13.9 Å². The first kappa shape index (κ1) is 19.4. The lowest BCUT2D eigenvalue weighted by atomic mass is 10.1. The molecule has 2 aliphatic rings. The summed E-state index contributed by atoms with van der Waals surface area (Å²) in [5.74, 6) is -0.598. The minimum absolute atomic E-state index is 0.235. The number of benzene rings is 2. The molecule has 0 unspecified atom stereocenters. The van der Waals surface area contributed by atoms with Gasteiger partial charge in [0.05, 0.1) is 12.2 Å². The van der Waals surface area contributed by atoms with Gasteiger partial charge in [-0.25, -0.2) is 4.39 Å². The molecule has 0 radical (unpaired) electrons. The largest absolute Gasteiger partial charge is 0.383 e. The number of nitrogens with one attached hydrogen (secondary N) is 2. The number of nitrogens with zero attached hydrogens (tertiary/aromatic N) is 2. The monoisotopic (exact) mass is 396 g/mol. The van der Waals surface area contributed by atoms with Crippen molar-refractivity contribution in [2.24, 2.45) is 0 Å². The Labute approximate surface area is 169 Å². The fourth-order valence-corrected chi connectivity index (χ4v) is 3.68. The van der Waals surface area contributed by atoms with Crippen LogP contribution in [0, 0.1) is 5.82 Å². The molecule has 1 fully saturated rings. The summed E-state index contributed by atoms with van der Waals surface area (Å²) < 4.78 is 18.7. The fourth-order valence-electron chi connectivity index (χ4n) is 3.68.